The van der Waals surface area contributed by atoms with Gasteiger partial charge in [0, 0.05) is 6.20 Å². The van der Waals surface area contributed by atoms with Crippen molar-refractivity contribution in [3.8, 4) is 5.82 Å². The number of esters is 1. The van der Waals surface area contributed by atoms with E-state index in [4.69, 9.17) is 9.15 Å². The summed E-state index contributed by atoms with van der Waals surface area (Å²) in [7, 11) is 0. The van der Waals surface area contributed by atoms with E-state index in [-0.39, 0.29) is 5.91 Å². The van der Waals surface area contributed by atoms with Gasteiger partial charge in [0.25, 0.3) is 5.91 Å². The molecule has 0 spiro atoms. The molecule has 0 atom stereocenters. The quantitative estimate of drug-likeness (QED) is 0.682. The van der Waals surface area contributed by atoms with Crippen molar-refractivity contribution in [3.05, 3.63) is 65.5 Å². The van der Waals surface area contributed by atoms with Crippen LogP contribution in [0.4, 0.5) is 0 Å². The fraction of sp³-hybridized carbons (Fsp3) is 0.222. The molecule has 0 radical (unpaired) electrons. The molecule has 0 aromatic carbocycles. The van der Waals surface area contributed by atoms with E-state index in [0.29, 0.717) is 41.6 Å². The van der Waals surface area contributed by atoms with Crippen LogP contribution in [0, 0.1) is 6.92 Å². The SMILES string of the molecule is CCOC(=O)c1cnn(-c2ccc(C(=O)NCc3ccco3)cn2)c1C. The van der Waals surface area contributed by atoms with Crippen LogP contribution >= 0.6 is 0 Å². The van der Waals surface area contributed by atoms with Crippen molar-refractivity contribution < 1.29 is 18.7 Å². The number of furan rings is 1. The maximum absolute atomic E-state index is 12.1. The predicted octanol–water partition coefficient (Wildman–Crippen LogP) is 2.28. The molecule has 3 heterocycles. The number of nitrogens with one attached hydrogen (secondary N) is 1. The number of pyridine rings is 1. The molecule has 1 amide bonds. The van der Waals surface area contributed by atoms with Crippen molar-refractivity contribution in [1.82, 2.24) is 20.1 Å². The Morgan fingerprint density at radius 1 is 1.27 bits per heavy atom. The Morgan fingerprint density at radius 2 is 2.12 bits per heavy atom. The van der Waals surface area contributed by atoms with Crippen molar-refractivity contribution in [1.29, 1.82) is 0 Å². The lowest BCUT2D eigenvalue weighted by Crippen LogP contribution is -2.22. The highest BCUT2D eigenvalue weighted by Crippen LogP contribution is 2.14. The second-order valence-electron chi connectivity index (χ2n) is 5.44. The van der Waals surface area contributed by atoms with Crippen molar-refractivity contribution >= 4 is 11.9 Å². The molecule has 3 rings (SSSR count). The third-order valence-corrected chi connectivity index (χ3v) is 3.74. The van der Waals surface area contributed by atoms with Crippen LogP contribution in [0.5, 0.6) is 0 Å². The number of carbonyl (C=O) groups excluding carboxylic acids is 2. The number of carbonyl (C=O) groups is 2. The van der Waals surface area contributed by atoms with E-state index < -0.39 is 5.97 Å². The highest BCUT2D eigenvalue weighted by Gasteiger charge is 2.17. The molecule has 134 valence electrons. The van der Waals surface area contributed by atoms with Crippen LogP contribution < -0.4 is 5.32 Å². The minimum Gasteiger partial charge on any atom is -0.467 e. The summed E-state index contributed by atoms with van der Waals surface area (Å²) in [6.07, 6.45) is 4.45. The van der Waals surface area contributed by atoms with Crippen molar-refractivity contribution in [2.24, 2.45) is 0 Å². The Kier molecular flexibility index (Phi) is 5.12. The maximum Gasteiger partial charge on any atom is 0.341 e. The Balaban J connectivity index is 1.71. The number of amides is 1. The maximum atomic E-state index is 12.1. The number of nitrogens with zero attached hydrogens (tertiary/aromatic N) is 3. The van der Waals surface area contributed by atoms with E-state index in [2.05, 4.69) is 15.4 Å². The second-order valence-corrected chi connectivity index (χ2v) is 5.44. The summed E-state index contributed by atoms with van der Waals surface area (Å²) in [5, 5.41) is 6.92. The molecular formula is C18H18N4O4. The predicted molar refractivity (Wildman–Crippen MR) is 91.9 cm³/mol. The van der Waals surface area contributed by atoms with Crippen LogP contribution in [0.15, 0.2) is 47.3 Å². The third-order valence-electron chi connectivity index (χ3n) is 3.74. The molecule has 0 unspecified atom stereocenters. The lowest BCUT2D eigenvalue weighted by atomic mass is 10.2. The Hall–Kier alpha value is -3.42. The summed E-state index contributed by atoms with van der Waals surface area (Å²) in [5.74, 6) is 0.484. The number of aromatic nitrogens is 3. The average molecular weight is 354 g/mol. The topological polar surface area (TPSA) is 99.2 Å². The van der Waals surface area contributed by atoms with Crippen LogP contribution in [0.2, 0.25) is 0 Å². The van der Waals surface area contributed by atoms with Gasteiger partial charge in [0.2, 0.25) is 0 Å². The smallest absolute Gasteiger partial charge is 0.341 e. The molecule has 0 aliphatic heterocycles. The summed E-state index contributed by atoms with van der Waals surface area (Å²) in [6.45, 7) is 4.10. The van der Waals surface area contributed by atoms with Crippen LogP contribution in [0.3, 0.4) is 0 Å². The lowest BCUT2D eigenvalue weighted by molar-refractivity contribution is 0.0525. The molecule has 0 aliphatic carbocycles. The van der Waals surface area contributed by atoms with Gasteiger partial charge in [-0.1, -0.05) is 0 Å². The zero-order valence-corrected chi connectivity index (χ0v) is 14.4. The van der Waals surface area contributed by atoms with Crippen molar-refractivity contribution in [2.75, 3.05) is 6.61 Å². The Bertz CT molecular complexity index is 898. The van der Waals surface area contributed by atoms with Gasteiger partial charge in [-0.05, 0) is 38.1 Å². The van der Waals surface area contributed by atoms with E-state index in [1.807, 2.05) is 0 Å². The van der Waals surface area contributed by atoms with Crippen LogP contribution in [-0.2, 0) is 11.3 Å². The molecule has 8 nitrogen and oxygen atoms in total. The number of ether oxygens (including phenoxy) is 1. The molecule has 3 aromatic heterocycles. The monoisotopic (exact) mass is 354 g/mol. The van der Waals surface area contributed by atoms with E-state index in [0.717, 1.165) is 0 Å². The highest BCUT2D eigenvalue weighted by molar-refractivity contribution is 5.94. The van der Waals surface area contributed by atoms with Gasteiger partial charge in [-0.25, -0.2) is 14.5 Å². The number of hydrogen-bond donors (Lipinski definition) is 1. The van der Waals surface area contributed by atoms with Crippen molar-refractivity contribution in [2.45, 2.75) is 20.4 Å². The summed E-state index contributed by atoms with van der Waals surface area (Å²) in [6, 6.07) is 6.85. The van der Waals surface area contributed by atoms with E-state index in [1.165, 1.54) is 17.1 Å². The standard InChI is InChI=1S/C18H18N4O4/c1-3-25-18(24)15-11-21-22(12(15)2)16-7-6-13(9-19-16)17(23)20-10-14-5-4-8-26-14/h4-9,11H,3,10H2,1-2H3,(H,20,23). The molecular weight excluding hydrogens is 336 g/mol. The van der Waals surface area contributed by atoms with E-state index in [1.54, 1.807) is 44.4 Å². The molecule has 1 N–H and O–H groups in total. The largest absolute Gasteiger partial charge is 0.467 e. The first-order valence-electron chi connectivity index (χ1n) is 8.09. The third kappa shape index (κ3) is 3.64. The van der Waals surface area contributed by atoms with Crippen LogP contribution in [0.1, 0.15) is 39.1 Å². The van der Waals surface area contributed by atoms with Gasteiger partial charge >= 0.3 is 5.97 Å². The molecule has 0 saturated carbocycles. The first-order valence-corrected chi connectivity index (χ1v) is 8.09. The Labute approximate surface area is 149 Å². The first-order chi connectivity index (χ1) is 12.6. The van der Waals surface area contributed by atoms with Gasteiger partial charge in [0.1, 0.15) is 11.3 Å². The number of rotatable bonds is 6. The minimum atomic E-state index is -0.426. The van der Waals surface area contributed by atoms with Gasteiger partial charge in [0.05, 0.1) is 36.9 Å². The minimum absolute atomic E-state index is 0.259. The molecule has 0 fully saturated rings. The fourth-order valence-electron chi connectivity index (χ4n) is 2.38. The second kappa shape index (κ2) is 7.64. The van der Waals surface area contributed by atoms with Gasteiger partial charge in [0.15, 0.2) is 5.82 Å². The lowest BCUT2D eigenvalue weighted by Gasteiger charge is -2.06. The zero-order chi connectivity index (χ0) is 18.5. The highest BCUT2D eigenvalue weighted by atomic mass is 16.5. The molecule has 3 aromatic rings. The summed E-state index contributed by atoms with van der Waals surface area (Å²) < 4.78 is 11.7. The van der Waals surface area contributed by atoms with E-state index >= 15 is 0 Å². The number of hydrogen-bond acceptors (Lipinski definition) is 6. The summed E-state index contributed by atoms with van der Waals surface area (Å²) in [5.41, 5.74) is 1.41. The zero-order valence-electron chi connectivity index (χ0n) is 14.4. The first kappa shape index (κ1) is 17.4. The van der Waals surface area contributed by atoms with Gasteiger partial charge in [-0.15, -0.1) is 0 Å². The van der Waals surface area contributed by atoms with E-state index in [9.17, 15) is 9.59 Å². The normalized spacial score (nSPS) is 10.5. The molecule has 0 aliphatic rings. The summed E-state index contributed by atoms with van der Waals surface area (Å²) >= 11 is 0. The molecule has 8 heteroatoms. The van der Waals surface area contributed by atoms with Crippen molar-refractivity contribution in [3.63, 3.8) is 0 Å². The average Bonchev–Trinajstić information content (AvgIpc) is 3.29. The van der Waals surface area contributed by atoms with Gasteiger partial charge in [-0.3, -0.25) is 4.79 Å². The van der Waals surface area contributed by atoms with Gasteiger partial charge in [-0.2, -0.15) is 5.10 Å². The Morgan fingerprint density at radius 3 is 2.77 bits per heavy atom. The van der Waals surface area contributed by atoms with Crippen LogP contribution in [0.25, 0.3) is 5.82 Å². The fourth-order valence-corrected chi connectivity index (χ4v) is 2.38. The molecule has 0 saturated heterocycles. The molecule has 0 bridgehead atoms. The van der Waals surface area contributed by atoms with Gasteiger partial charge < -0.3 is 14.5 Å². The van der Waals surface area contributed by atoms with Crippen LogP contribution in [-0.4, -0.2) is 33.2 Å². The summed E-state index contributed by atoms with van der Waals surface area (Å²) in [4.78, 5) is 28.3. The molecule has 26 heavy (non-hydrogen) atoms.